The van der Waals surface area contributed by atoms with Gasteiger partial charge in [0.25, 0.3) is 0 Å². The number of fused-ring (bicyclic) bond motifs is 12. The number of nitrogens with zero attached hydrogens (tertiary/aromatic N) is 3. The SMILES string of the molecule is c1ccc2c(c1)ccc1ccc(-c3nc(-c4ccc5sc6ccccc6c5c4)nc(-c4cccc5oc6c(-c7cccc8oc9ccccc9c78)cccc6c45)n3)cc12. The molecule has 0 unspecified atom stereocenters. The lowest BCUT2D eigenvalue weighted by atomic mass is 9.97. The molecule has 0 atom stereocenters. The van der Waals surface area contributed by atoms with Gasteiger partial charge < -0.3 is 8.83 Å². The van der Waals surface area contributed by atoms with Crippen LogP contribution in [0.5, 0.6) is 0 Å². The molecule has 0 aliphatic carbocycles. The largest absolute Gasteiger partial charge is 0.456 e. The molecule has 4 heterocycles. The molecule has 5 nitrogen and oxygen atoms in total. The van der Waals surface area contributed by atoms with Crippen LogP contribution >= 0.6 is 11.3 Å². The maximum atomic E-state index is 6.84. The summed E-state index contributed by atoms with van der Waals surface area (Å²) in [6.45, 7) is 0. The predicted octanol–water partition coefficient (Wildman–Crippen LogP) is 15.0. The normalized spacial score (nSPS) is 12.1. The fourth-order valence-corrected chi connectivity index (χ4v) is 10.1. The lowest BCUT2D eigenvalue weighted by molar-refractivity contribution is 0.668. The molecule has 59 heavy (non-hydrogen) atoms. The predicted molar refractivity (Wildman–Crippen MR) is 244 cm³/mol. The van der Waals surface area contributed by atoms with Crippen molar-refractivity contribution in [2.75, 3.05) is 0 Å². The van der Waals surface area contributed by atoms with Crippen LogP contribution in [0.4, 0.5) is 0 Å². The van der Waals surface area contributed by atoms with Crippen LogP contribution in [0.2, 0.25) is 0 Å². The standard InChI is InChI=1S/C53H29N3O2S/c1-2-11-34-30(10-1)22-23-31-24-25-32(28-41(31)34)51-54-52(33-26-27-47-42(29-33)35-12-4-6-21-46(35)59-47)56-53(55-51)40-17-9-20-45-49(40)39-16-7-15-37(50(39)58-45)36-14-8-19-44-48(36)38-13-3-5-18-43(38)57-44/h1-29H. The molecule has 0 N–H and O–H groups in total. The highest BCUT2D eigenvalue weighted by molar-refractivity contribution is 7.25. The zero-order chi connectivity index (χ0) is 38.6. The van der Waals surface area contributed by atoms with Gasteiger partial charge in [-0.15, -0.1) is 11.3 Å². The Kier molecular flexibility index (Phi) is 6.82. The minimum absolute atomic E-state index is 0.583. The van der Waals surface area contributed by atoms with Crippen LogP contribution in [0.1, 0.15) is 0 Å². The summed E-state index contributed by atoms with van der Waals surface area (Å²) in [4.78, 5) is 15.8. The molecule has 13 aromatic rings. The Labute approximate surface area is 340 Å². The monoisotopic (exact) mass is 771 g/mol. The van der Waals surface area contributed by atoms with Crippen LogP contribution in [-0.4, -0.2) is 15.0 Å². The summed E-state index contributed by atoms with van der Waals surface area (Å²) in [6, 6.07) is 61.5. The number of rotatable bonds is 4. The summed E-state index contributed by atoms with van der Waals surface area (Å²) in [5.74, 6) is 1.81. The van der Waals surface area contributed by atoms with Crippen molar-refractivity contribution in [2.45, 2.75) is 0 Å². The second kappa shape index (κ2) is 12.4. The second-order valence-electron chi connectivity index (χ2n) is 15.1. The van der Waals surface area contributed by atoms with Crippen molar-refractivity contribution in [3.8, 4) is 45.3 Å². The van der Waals surface area contributed by atoms with Crippen LogP contribution in [0, 0.1) is 0 Å². The van der Waals surface area contributed by atoms with E-state index in [1.807, 2.05) is 36.4 Å². The number of furan rings is 2. The number of hydrogen-bond acceptors (Lipinski definition) is 6. The average molecular weight is 772 g/mol. The minimum Gasteiger partial charge on any atom is -0.456 e. The number of aromatic nitrogens is 3. The van der Waals surface area contributed by atoms with Crippen LogP contribution in [0.15, 0.2) is 185 Å². The molecule has 0 bridgehead atoms. The molecule has 0 radical (unpaired) electrons. The van der Waals surface area contributed by atoms with E-state index in [0.29, 0.717) is 17.5 Å². The molecule has 0 spiro atoms. The Balaban J connectivity index is 1.06. The third-order valence-corrected chi connectivity index (χ3v) is 12.9. The molecule has 0 aliphatic heterocycles. The fraction of sp³-hybridized carbons (Fsp3) is 0. The molecule has 0 amide bonds. The fourth-order valence-electron chi connectivity index (χ4n) is 9.01. The van der Waals surface area contributed by atoms with E-state index in [0.717, 1.165) is 77.1 Å². The Morgan fingerprint density at radius 1 is 0.339 bits per heavy atom. The maximum absolute atomic E-state index is 6.84. The average Bonchev–Trinajstić information content (AvgIpc) is 4.00. The van der Waals surface area contributed by atoms with Gasteiger partial charge in [0.2, 0.25) is 0 Å². The Bertz CT molecular complexity index is 3870. The van der Waals surface area contributed by atoms with Crippen molar-refractivity contribution in [2.24, 2.45) is 0 Å². The number of thiophene rings is 1. The molecule has 4 aromatic heterocycles. The Morgan fingerprint density at radius 2 is 0.898 bits per heavy atom. The molecule has 6 heteroatoms. The van der Waals surface area contributed by atoms with Crippen molar-refractivity contribution in [3.63, 3.8) is 0 Å². The molecule has 0 fully saturated rings. The van der Waals surface area contributed by atoms with E-state index in [2.05, 4.69) is 140 Å². The van der Waals surface area contributed by atoms with Crippen LogP contribution in [-0.2, 0) is 0 Å². The molecular formula is C53H29N3O2S. The van der Waals surface area contributed by atoms with Gasteiger partial charge in [-0.2, -0.15) is 0 Å². The molecule has 0 saturated heterocycles. The zero-order valence-corrected chi connectivity index (χ0v) is 32.1. The smallest absolute Gasteiger partial charge is 0.164 e. The third-order valence-electron chi connectivity index (χ3n) is 11.7. The van der Waals surface area contributed by atoms with Gasteiger partial charge in [-0.05, 0) is 75.6 Å². The van der Waals surface area contributed by atoms with Crippen LogP contribution in [0.3, 0.4) is 0 Å². The summed E-state index contributed by atoms with van der Waals surface area (Å²) < 4.78 is 15.6. The first-order chi connectivity index (χ1) is 29.2. The Hall–Kier alpha value is -7.67. The van der Waals surface area contributed by atoms with Gasteiger partial charge >= 0.3 is 0 Å². The summed E-state index contributed by atoms with van der Waals surface area (Å²) in [6.07, 6.45) is 0. The van der Waals surface area contributed by atoms with E-state index < -0.39 is 0 Å². The highest BCUT2D eigenvalue weighted by Crippen LogP contribution is 2.44. The van der Waals surface area contributed by atoms with Crippen molar-refractivity contribution in [1.82, 2.24) is 15.0 Å². The third kappa shape index (κ3) is 4.94. The van der Waals surface area contributed by atoms with Crippen molar-refractivity contribution in [3.05, 3.63) is 176 Å². The molecule has 9 aromatic carbocycles. The quantitative estimate of drug-likeness (QED) is 0.167. The first kappa shape index (κ1) is 32.4. The second-order valence-corrected chi connectivity index (χ2v) is 16.2. The molecule has 0 saturated carbocycles. The summed E-state index contributed by atoms with van der Waals surface area (Å²) in [5.41, 5.74) is 8.07. The van der Waals surface area contributed by atoms with Gasteiger partial charge in [0, 0.05) is 64.0 Å². The number of benzene rings is 9. The van der Waals surface area contributed by atoms with Crippen LogP contribution in [0.25, 0.3) is 131 Å². The topological polar surface area (TPSA) is 65.0 Å². The van der Waals surface area contributed by atoms with E-state index in [1.54, 1.807) is 11.3 Å². The minimum atomic E-state index is 0.583. The van der Waals surface area contributed by atoms with Crippen molar-refractivity contribution < 1.29 is 8.83 Å². The van der Waals surface area contributed by atoms with Crippen molar-refractivity contribution in [1.29, 1.82) is 0 Å². The van der Waals surface area contributed by atoms with Crippen molar-refractivity contribution >= 4 is 96.9 Å². The van der Waals surface area contributed by atoms with Gasteiger partial charge in [-0.25, -0.2) is 15.0 Å². The maximum Gasteiger partial charge on any atom is 0.164 e. The zero-order valence-electron chi connectivity index (χ0n) is 31.3. The van der Waals surface area contributed by atoms with Crippen LogP contribution < -0.4 is 0 Å². The highest BCUT2D eigenvalue weighted by atomic mass is 32.1. The van der Waals surface area contributed by atoms with E-state index in [-0.39, 0.29) is 0 Å². The van der Waals surface area contributed by atoms with E-state index in [9.17, 15) is 0 Å². The van der Waals surface area contributed by atoms with E-state index in [1.165, 1.54) is 36.3 Å². The summed E-state index contributed by atoms with van der Waals surface area (Å²) >= 11 is 1.80. The molecule has 13 rings (SSSR count). The summed E-state index contributed by atoms with van der Waals surface area (Å²) in [5, 5.41) is 11.2. The first-order valence-electron chi connectivity index (χ1n) is 19.7. The molecule has 274 valence electrons. The lowest BCUT2D eigenvalue weighted by Gasteiger charge is -2.11. The van der Waals surface area contributed by atoms with E-state index >= 15 is 0 Å². The first-order valence-corrected chi connectivity index (χ1v) is 20.5. The Morgan fingerprint density at radius 3 is 1.76 bits per heavy atom. The number of hydrogen-bond donors (Lipinski definition) is 0. The van der Waals surface area contributed by atoms with E-state index in [4.69, 9.17) is 23.8 Å². The summed E-state index contributed by atoms with van der Waals surface area (Å²) in [7, 11) is 0. The van der Waals surface area contributed by atoms with Gasteiger partial charge in [0.1, 0.15) is 22.3 Å². The van der Waals surface area contributed by atoms with Gasteiger partial charge in [0.05, 0.1) is 0 Å². The number of para-hydroxylation sites is 2. The molecular weight excluding hydrogens is 743 g/mol. The van der Waals surface area contributed by atoms with Gasteiger partial charge in [-0.1, -0.05) is 127 Å². The molecule has 0 aliphatic rings. The van der Waals surface area contributed by atoms with Gasteiger partial charge in [-0.3, -0.25) is 0 Å². The lowest BCUT2D eigenvalue weighted by Crippen LogP contribution is -2.00. The highest BCUT2D eigenvalue weighted by Gasteiger charge is 2.22. The van der Waals surface area contributed by atoms with Gasteiger partial charge in [0.15, 0.2) is 17.5 Å².